The molecule has 0 aliphatic carbocycles. The molecular formula is C28H25ClF2N6O4S. The minimum atomic E-state index is -0.883. The molecule has 0 spiro atoms. The Bertz CT molecular complexity index is 1600. The van der Waals surface area contributed by atoms with Gasteiger partial charge in [-0.2, -0.15) is 0 Å². The highest BCUT2D eigenvalue weighted by atomic mass is 35.5. The van der Waals surface area contributed by atoms with Crippen LogP contribution < -0.4 is 10.2 Å². The molecule has 42 heavy (non-hydrogen) atoms. The van der Waals surface area contributed by atoms with E-state index in [4.69, 9.17) is 21.3 Å². The van der Waals surface area contributed by atoms with E-state index in [0.29, 0.717) is 48.3 Å². The number of benzene rings is 2. The van der Waals surface area contributed by atoms with Crippen LogP contribution in [0.3, 0.4) is 0 Å². The number of carbonyl (C=O) groups is 2. The fourth-order valence-electron chi connectivity index (χ4n) is 5.54. The van der Waals surface area contributed by atoms with Gasteiger partial charge in [0.1, 0.15) is 23.4 Å². The van der Waals surface area contributed by atoms with Gasteiger partial charge in [-0.25, -0.2) is 23.4 Å². The average Bonchev–Trinajstić information content (AvgIpc) is 3.60. The molecule has 2 atom stereocenters. The number of aromatic hydroxyl groups is 1. The number of ether oxygens (including phenoxy) is 1. The number of nitrogens with one attached hydrogen (secondary N) is 1. The molecular weight excluding hydrogens is 590 g/mol. The van der Waals surface area contributed by atoms with Crippen molar-refractivity contribution in [3.63, 3.8) is 0 Å². The Balaban J connectivity index is 1.31. The topological polar surface area (TPSA) is 111 Å². The molecule has 0 saturated carbocycles. The van der Waals surface area contributed by atoms with E-state index < -0.39 is 23.6 Å². The molecule has 10 nitrogen and oxygen atoms in total. The van der Waals surface area contributed by atoms with Gasteiger partial charge in [0.15, 0.2) is 10.8 Å². The number of fused-ring (bicyclic) bond motifs is 1. The molecule has 1 unspecified atom stereocenters. The summed E-state index contributed by atoms with van der Waals surface area (Å²) >= 11 is 7.80. The Morgan fingerprint density at radius 3 is 2.74 bits per heavy atom. The number of hydrogen-bond acceptors (Lipinski definition) is 9. The Morgan fingerprint density at radius 1 is 1.19 bits per heavy atom. The fraction of sp³-hybridized carbons (Fsp3) is 0.286. The second-order valence-corrected chi connectivity index (χ2v) is 11.3. The lowest BCUT2D eigenvalue weighted by molar-refractivity contribution is -0.136. The molecule has 2 amide bonds. The number of urea groups is 1. The number of aromatic nitrogens is 1. The van der Waals surface area contributed by atoms with E-state index in [2.05, 4.69) is 15.2 Å². The molecule has 2 fully saturated rings. The number of rotatable bonds is 6. The fourth-order valence-corrected chi connectivity index (χ4v) is 6.40. The van der Waals surface area contributed by atoms with Crippen molar-refractivity contribution < 1.29 is 28.2 Å². The number of piperazine rings is 1. The lowest BCUT2D eigenvalue weighted by Gasteiger charge is -2.38. The molecule has 2 aromatic carbocycles. The number of aliphatic imine (C=N–C) groups is 1. The van der Waals surface area contributed by atoms with Gasteiger partial charge in [0.25, 0.3) is 0 Å². The maximum Gasteiger partial charge on any atom is 0.338 e. The maximum absolute atomic E-state index is 14.0. The summed E-state index contributed by atoms with van der Waals surface area (Å²) in [7, 11) is 1.28. The lowest BCUT2D eigenvalue weighted by Crippen LogP contribution is -2.53. The zero-order valence-electron chi connectivity index (χ0n) is 22.3. The van der Waals surface area contributed by atoms with Crippen molar-refractivity contribution in [1.82, 2.24) is 20.1 Å². The molecule has 0 radical (unpaired) electrons. The number of phenolic OH excluding ortho intramolecular Hbond substituents is 1. The molecule has 1 aromatic heterocycles. The summed E-state index contributed by atoms with van der Waals surface area (Å²) in [5.74, 6) is -1.59. The van der Waals surface area contributed by atoms with Gasteiger partial charge < -0.3 is 20.1 Å². The van der Waals surface area contributed by atoms with E-state index in [-0.39, 0.29) is 40.7 Å². The largest absolute Gasteiger partial charge is 0.508 e. The first-order chi connectivity index (χ1) is 20.2. The Morgan fingerprint density at radius 2 is 2.02 bits per heavy atom. The van der Waals surface area contributed by atoms with Gasteiger partial charge >= 0.3 is 12.0 Å². The van der Waals surface area contributed by atoms with Crippen LogP contribution >= 0.6 is 22.9 Å². The summed E-state index contributed by atoms with van der Waals surface area (Å²) in [6.45, 7) is 1.95. The van der Waals surface area contributed by atoms with Crippen LogP contribution in [0.5, 0.6) is 5.75 Å². The number of amides is 2. The number of nitrogens with zero attached hydrogens (tertiary/aromatic N) is 5. The highest BCUT2D eigenvalue weighted by molar-refractivity contribution is 7.11. The van der Waals surface area contributed by atoms with E-state index in [9.17, 15) is 23.5 Å². The number of carbonyl (C=O) groups excluding carboxylic acids is 2. The molecule has 2 N–H and O–H groups in total. The van der Waals surface area contributed by atoms with E-state index in [1.54, 1.807) is 16.5 Å². The first kappa shape index (κ1) is 28.1. The van der Waals surface area contributed by atoms with Crippen molar-refractivity contribution in [3.05, 3.63) is 86.5 Å². The Hall–Kier alpha value is -4.07. The molecule has 2 saturated heterocycles. The summed E-state index contributed by atoms with van der Waals surface area (Å²) in [4.78, 5) is 40.8. The molecule has 3 aliphatic rings. The van der Waals surface area contributed by atoms with Gasteiger partial charge in [-0.05, 0) is 18.2 Å². The van der Waals surface area contributed by atoms with Gasteiger partial charge in [0.2, 0.25) is 0 Å². The van der Waals surface area contributed by atoms with Crippen LogP contribution in [-0.4, -0.2) is 83.6 Å². The van der Waals surface area contributed by atoms with Crippen LogP contribution in [0.1, 0.15) is 16.6 Å². The first-order valence-corrected chi connectivity index (χ1v) is 14.3. The quantitative estimate of drug-likeness (QED) is 0.405. The van der Waals surface area contributed by atoms with E-state index in [0.717, 1.165) is 6.07 Å². The van der Waals surface area contributed by atoms with E-state index in [1.807, 2.05) is 0 Å². The van der Waals surface area contributed by atoms with Gasteiger partial charge in [-0.1, -0.05) is 17.7 Å². The number of esters is 1. The summed E-state index contributed by atoms with van der Waals surface area (Å²) < 4.78 is 33.0. The third-order valence-electron chi connectivity index (χ3n) is 7.42. The Labute approximate surface area is 248 Å². The Kier molecular flexibility index (Phi) is 7.56. The van der Waals surface area contributed by atoms with E-state index in [1.165, 1.54) is 53.7 Å². The average molecular weight is 615 g/mol. The maximum atomic E-state index is 14.0. The number of amidine groups is 1. The highest BCUT2D eigenvalue weighted by Crippen LogP contribution is 2.37. The number of phenols is 1. The highest BCUT2D eigenvalue weighted by Gasteiger charge is 2.42. The summed E-state index contributed by atoms with van der Waals surface area (Å²) in [5, 5.41) is 15.6. The van der Waals surface area contributed by atoms with Crippen LogP contribution in [0.2, 0.25) is 5.02 Å². The van der Waals surface area contributed by atoms with Gasteiger partial charge in [-0.15, -0.1) is 11.3 Å². The van der Waals surface area contributed by atoms with Crippen LogP contribution in [0.15, 0.2) is 64.2 Å². The van der Waals surface area contributed by atoms with Crippen molar-refractivity contribution in [2.24, 2.45) is 4.99 Å². The third kappa shape index (κ3) is 5.30. The summed E-state index contributed by atoms with van der Waals surface area (Å²) in [6, 6.07) is 6.13. The van der Waals surface area contributed by atoms with Crippen molar-refractivity contribution in [1.29, 1.82) is 0 Å². The second kappa shape index (κ2) is 11.3. The first-order valence-electron chi connectivity index (χ1n) is 13.0. The number of hydrogen-bond donors (Lipinski definition) is 2. The van der Waals surface area contributed by atoms with Gasteiger partial charge in [0, 0.05) is 72.7 Å². The number of halogens is 3. The van der Waals surface area contributed by atoms with Crippen LogP contribution in [-0.2, 0) is 9.53 Å². The minimum absolute atomic E-state index is 0.117. The van der Waals surface area contributed by atoms with Crippen LogP contribution in [0.4, 0.5) is 19.3 Å². The van der Waals surface area contributed by atoms with Gasteiger partial charge in [-0.3, -0.25) is 14.8 Å². The number of thiazole rings is 1. The smallest absolute Gasteiger partial charge is 0.338 e. The standard InChI is InChI=1S/C28H25ClF2N6O4S/c1-41-27(39)23-22(33-25(26-32-4-7-42-26)34-24(23)20-3-2-15(30)10-21(20)29)14-35-5-6-36-18(12-35)13-37(28(36)40)17-8-16(31)9-19(38)11-17/h2-4,7-11,18,24,38H,5-6,12-14H2,1H3,(H,33,34)/t18?,24-/m0/s1. The molecule has 3 aliphatic heterocycles. The SMILES string of the molecule is COC(=O)C1=C(CN2CCN3C(=O)N(c4cc(O)cc(F)c4)CC3C2)NC(c2nccs2)=N[C@H]1c1ccc(F)cc1Cl. The molecule has 14 heteroatoms. The zero-order chi connectivity index (χ0) is 29.5. The predicted octanol–water partition coefficient (Wildman–Crippen LogP) is 3.92. The van der Waals surface area contributed by atoms with Crippen LogP contribution in [0, 0.1) is 11.6 Å². The van der Waals surface area contributed by atoms with E-state index >= 15 is 0 Å². The molecule has 4 heterocycles. The predicted molar refractivity (Wildman–Crippen MR) is 153 cm³/mol. The third-order valence-corrected chi connectivity index (χ3v) is 8.53. The minimum Gasteiger partial charge on any atom is -0.508 e. The summed E-state index contributed by atoms with van der Waals surface area (Å²) in [5.41, 5.74) is 1.48. The molecule has 218 valence electrons. The normalized spacial score (nSPS) is 20.9. The van der Waals surface area contributed by atoms with Crippen molar-refractivity contribution in [2.75, 3.05) is 44.7 Å². The zero-order valence-corrected chi connectivity index (χ0v) is 23.8. The second-order valence-electron chi connectivity index (χ2n) is 10.0. The summed E-state index contributed by atoms with van der Waals surface area (Å²) in [6.07, 6.45) is 1.64. The van der Waals surface area contributed by atoms with Gasteiger partial charge in [0.05, 0.1) is 24.4 Å². The number of methoxy groups -OCH3 is 1. The molecule has 0 bridgehead atoms. The number of anilines is 1. The lowest BCUT2D eigenvalue weighted by atomic mass is 9.95. The van der Waals surface area contributed by atoms with Crippen LogP contribution in [0.25, 0.3) is 0 Å². The van der Waals surface area contributed by atoms with Crippen molar-refractivity contribution in [3.8, 4) is 5.75 Å². The monoisotopic (exact) mass is 614 g/mol. The van der Waals surface area contributed by atoms with Crippen molar-refractivity contribution in [2.45, 2.75) is 12.1 Å². The molecule has 3 aromatic rings. The molecule has 6 rings (SSSR count). The van der Waals surface area contributed by atoms with Crippen molar-refractivity contribution >= 4 is 46.5 Å².